The number of aliphatic hydroxyl groups excluding tert-OH is 1. The number of esters is 1. The molecule has 2 aromatic rings. The van der Waals surface area contributed by atoms with E-state index in [1.165, 1.54) is 18.4 Å². The molecule has 8 atom stereocenters. The molecule has 7 nitrogen and oxygen atoms in total. The number of carbonyl (C=O) groups excluding carboxylic acids is 2. The van der Waals surface area contributed by atoms with Crippen molar-refractivity contribution in [2.24, 2.45) is 50.2 Å². The summed E-state index contributed by atoms with van der Waals surface area (Å²) in [6.07, 6.45) is 14.4. The van der Waals surface area contributed by atoms with Gasteiger partial charge in [0.15, 0.2) is 5.78 Å². The van der Waals surface area contributed by atoms with Gasteiger partial charge in [0.05, 0.1) is 23.4 Å². The normalized spacial score (nSPS) is 39.6. The molecular formula is C41H57N3O4. The van der Waals surface area contributed by atoms with Crippen molar-refractivity contribution in [3.05, 3.63) is 53.4 Å². The standard InChI is InChI=1S/C41H57N3O4/c1-26(45)27-9-11-29(12-10-27)44-24-28(42-43-44)25-48-35(47)41-21-19-36(2,3)23-31(41)30-13-14-33-38(6)17-16-34(46)37(4,5)32(38)15-18-40(33,8)39(30,7)20-22-41/h9-13,24,31-34,46H,14-23,25H2,1-8H3/t31-,32-,33+,34-,38-,39+,40+,41-/m0/s1. The number of aromatic nitrogens is 3. The Morgan fingerprint density at radius 2 is 1.62 bits per heavy atom. The van der Waals surface area contributed by atoms with E-state index in [9.17, 15) is 14.7 Å². The quantitative estimate of drug-likeness (QED) is 0.197. The number of Topliss-reactive ketones (excluding diaryl/α,β-unsaturated/α-hetero) is 1. The van der Waals surface area contributed by atoms with Crippen LogP contribution < -0.4 is 0 Å². The maximum absolute atomic E-state index is 14.4. The molecular weight excluding hydrogens is 598 g/mol. The van der Waals surface area contributed by atoms with Gasteiger partial charge in [-0.3, -0.25) is 9.59 Å². The predicted octanol–water partition coefficient (Wildman–Crippen LogP) is 8.68. The molecule has 5 aliphatic rings. The van der Waals surface area contributed by atoms with Crippen LogP contribution in [0.3, 0.4) is 0 Å². The highest BCUT2D eigenvalue weighted by molar-refractivity contribution is 5.94. The molecule has 0 aliphatic heterocycles. The zero-order valence-electron chi connectivity index (χ0n) is 30.6. The number of benzene rings is 1. The topological polar surface area (TPSA) is 94.3 Å². The van der Waals surface area contributed by atoms with Gasteiger partial charge in [-0.05, 0) is 140 Å². The molecule has 1 heterocycles. The summed E-state index contributed by atoms with van der Waals surface area (Å²) in [5.41, 5.74) is 3.58. The van der Waals surface area contributed by atoms with Gasteiger partial charge in [-0.15, -0.1) is 5.10 Å². The summed E-state index contributed by atoms with van der Waals surface area (Å²) in [4.78, 5) is 26.1. The Morgan fingerprint density at radius 1 is 0.917 bits per heavy atom. The lowest BCUT2D eigenvalue weighted by atomic mass is 9.33. The van der Waals surface area contributed by atoms with E-state index in [0.717, 1.165) is 57.1 Å². The second-order valence-corrected chi connectivity index (χ2v) is 18.6. The van der Waals surface area contributed by atoms with Crippen molar-refractivity contribution in [3.63, 3.8) is 0 Å². The van der Waals surface area contributed by atoms with Crippen molar-refractivity contribution >= 4 is 11.8 Å². The first-order chi connectivity index (χ1) is 22.5. The van der Waals surface area contributed by atoms with Gasteiger partial charge in [0.25, 0.3) is 0 Å². The van der Waals surface area contributed by atoms with Gasteiger partial charge in [-0.2, -0.15) is 0 Å². The minimum atomic E-state index is -0.513. The van der Waals surface area contributed by atoms with E-state index in [1.807, 2.05) is 12.1 Å². The summed E-state index contributed by atoms with van der Waals surface area (Å²) in [5, 5.41) is 19.7. The van der Waals surface area contributed by atoms with Gasteiger partial charge < -0.3 is 9.84 Å². The van der Waals surface area contributed by atoms with Gasteiger partial charge >= 0.3 is 5.97 Å². The average Bonchev–Trinajstić information content (AvgIpc) is 3.51. The van der Waals surface area contributed by atoms with E-state index in [4.69, 9.17) is 4.74 Å². The number of hydrogen-bond donors (Lipinski definition) is 1. The monoisotopic (exact) mass is 655 g/mol. The molecule has 0 saturated heterocycles. The van der Waals surface area contributed by atoms with Crippen LogP contribution in [0.1, 0.15) is 136 Å². The molecule has 1 aromatic heterocycles. The number of fused-ring (bicyclic) bond motifs is 7. The van der Waals surface area contributed by atoms with Gasteiger partial charge in [0.2, 0.25) is 0 Å². The van der Waals surface area contributed by atoms with Gasteiger partial charge in [-0.1, -0.05) is 65.3 Å². The Kier molecular flexibility index (Phi) is 7.79. The number of carbonyl (C=O) groups is 2. The molecule has 4 saturated carbocycles. The van der Waals surface area contributed by atoms with Crippen molar-refractivity contribution in [1.29, 1.82) is 0 Å². The van der Waals surface area contributed by atoms with E-state index in [0.29, 0.717) is 23.1 Å². The molecule has 4 fully saturated rings. The van der Waals surface area contributed by atoms with Crippen molar-refractivity contribution in [3.8, 4) is 5.69 Å². The second-order valence-electron chi connectivity index (χ2n) is 18.6. The summed E-state index contributed by atoms with van der Waals surface area (Å²) in [7, 11) is 0. The van der Waals surface area contributed by atoms with Gasteiger partial charge in [0, 0.05) is 5.56 Å². The third-order valence-electron chi connectivity index (χ3n) is 15.5. The number of ketones is 1. The number of aliphatic hydroxyl groups is 1. The van der Waals surface area contributed by atoms with Crippen LogP contribution in [-0.4, -0.2) is 38.0 Å². The summed E-state index contributed by atoms with van der Waals surface area (Å²) in [5.74, 6) is 1.22. The van der Waals surface area contributed by atoms with Crippen LogP contribution in [0.25, 0.3) is 5.69 Å². The van der Waals surface area contributed by atoms with E-state index >= 15 is 0 Å². The molecule has 0 unspecified atom stereocenters. The summed E-state index contributed by atoms with van der Waals surface area (Å²) < 4.78 is 7.87. The Balaban J connectivity index is 1.15. The SMILES string of the molecule is CC(=O)c1ccc(-n2cc(COC(=O)[C@]34CCC(C)(C)C[C@H]3C3=CC[C@@H]5[C@@]6(C)CC[C@H](O)C(C)(C)[C@@H]6CC[C@@]5(C)[C@]3(C)CC4)nn2)cc1. The van der Waals surface area contributed by atoms with Crippen LogP contribution in [0.5, 0.6) is 0 Å². The number of nitrogens with zero attached hydrogens (tertiary/aromatic N) is 3. The van der Waals surface area contributed by atoms with Crippen LogP contribution in [0, 0.1) is 50.2 Å². The first-order valence-electron chi connectivity index (χ1n) is 18.6. The highest BCUT2D eigenvalue weighted by atomic mass is 16.5. The van der Waals surface area contributed by atoms with Gasteiger partial charge in [0.1, 0.15) is 12.3 Å². The number of allylic oxidation sites excluding steroid dienone is 2. The summed E-state index contributed by atoms with van der Waals surface area (Å²) in [6, 6.07) is 7.27. The van der Waals surface area contributed by atoms with Crippen LogP contribution >= 0.6 is 0 Å². The van der Waals surface area contributed by atoms with Crippen LogP contribution in [-0.2, 0) is 16.1 Å². The zero-order valence-corrected chi connectivity index (χ0v) is 30.6. The van der Waals surface area contributed by atoms with Crippen molar-refractivity contribution in [2.45, 2.75) is 132 Å². The molecule has 1 N–H and O–H groups in total. The number of ether oxygens (including phenoxy) is 1. The lowest BCUT2D eigenvalue weighted by molar-refractivity contribution is -0.206. The van der Waals surface area contributed by atoms with Crippen LogP contribution in [0.15, 0.2) is 42.1 Å². The van der Waals surface area contributed by atoms with Crippen LogP contribution in [0.2, 0.25) is 0 Å². The molecule has 0 amide bonds. The molecule has 0 spiro atoms. The lowest BCUT2D eigenvalue weighted by Gasteiger charge is -2.71. The maximum atomic E-state index is 14.4. The number of hydrogen-bond acceptors (Lipinski definition) is 6. The fourth-order valence-electron chi connectivity index (χ4n) is 12.2. The zero-order chi connectivity index (χ0) is 34.5. The van der Waals surface area contributed by atoms with E-state index in [-0.39, 0.29) is 57.5 Å². The average molecular weight is 656 g/mol. The fourth-order valence-corrected chi connectivity index (χ4v) is 12.2. The molecule has 1 aromatic carbocycles. The summed E-state index contributed by atoms with van der Waals surface area (Å²) in [6.45, 7) is 18.7. The maximum Gasteiger partial charge on any atom is 0.313 e. The smallest absolute Gasteiger partial charge is 0.313 e. The van der Waals surface area contributed by atoms with Gasteiger partial charge in [-0.25, -0.2) is 4.68 Å². The Morgan fingerprint density at radius 3 is 2.33 bits per heavy atom. The first kappa shape index (κ1) is 33.7. The molecule has 7 rings (SSSR count). The summed E-state index contributed by atoms with van der Waals surface area (Å²) >= 11 is 0. The largest absolute Gasteiger partial charge is 0.459 e. The second kappa shape index (κ2) is 11.1. The first-order valence-corrected chi connectivity index (χ1v) is 18.6. The van der Waals surface area contributed by atoms with Crippen LogP contribution in [0.4, 0.5) is 0 Å². The fraction of sp³-hybridized carbons (Fsp3) is 0.707. The molecule has 0 bridgehead atoms. The van der Waals surface area contributed by atoms with E-state index in [1.54, 1.807) is 29.9 Å². The molecule has 7 heteroatoms. The minimum absolute atomic E-state index is 0.0214. The molecule has 260 valence electrons. The highest BCUT2D eigenvalue weighted by Crippen LogP contribution is 2.75. The Bertz CT molecular complexity index is 1640. The molecule has 0 radical (unpaired) electrons. The molecule has 48 heavy (non-hydrogen) atoms. The predicted molar refractivity (Wildman–Crippen MR) is 186 cm³/mol. The Labute approximate surface area is 287 Å². The van der Waals surface area contributed by atoms with E-state index < -0.39 is 5.41 Å². The Hall–Kier alpha value is -2.80. The van der Waals surface area contributed by atoms with Crippen molar-refractivity contribution in [1.82, 2.24) is 15.0 Å². The lowest BCUT2D eigenvalue weighted by Crippen LogP contribution is -2.65. The van der Waals surface area contributed by atoms with E-state index in [2.05, 4.69) is 64.9 Å². The van der Waals surface area contributed by atoms with Crippen molar-refractivity contribution < 1.29 is 19.4 Å². The number of rotatable bonds is 5. The highest BCUT2D eigenvalue weighted by Gasteiger charge is 2.69. The third kappa shape index (κ3) is 4.83. The van der Waals surface area contributed by atoms with Crippen molar-refractivity contribution in [2.75, 3.05) is 0 Å². The third-order valence-corrected chi connectivity index (χ3v) is 15.5. The molecule has 5 aliphatic carbocycles. The minimum Gasteiger partial charge on any atom is -0.459 e.